The normalized spacial score (nSPS) is 17.1. The van der Waals surface area contributed by atoms with Crippen LogP contribution >= 0.6 is 11.3 Å². The Hall–Kier alpha value is -2.82. The van der Waals surface area contributed by atoms with Crippen molar-refractivity contribution >= 4 is 32.4 Å². The van der Waals surface area contributed by atoms with Crippen molar-refractivity contribution in [1.29, 1.82) is 0 Å². The van der Waals surface area contributed by atoms with E-state index in [0.717, 1.165) is 35.3 Å². The van der Waals surface area contributed by atoms with Crippen molar-refractivity contribution in [1.82, 2.24) is 14.9 Å². The van der Waals surface area contributed by atoms with Crippen LogP contribution in [0.3, 0.4) is 0 Å². The topological polar surface area (TPSA) is 110 Å². The molecule has 0 saturated carbocycles. The molecule has 0 radical (unpaired) electrons. The summed E-state index contributed by atoms with van der Waals surface area (Å²) >= 11 is 0.814. The summed E-state index contributed by atoms with van der Waals surface area (Å²) in [6.45, 7) is 5.90. The van der Waals surface area contributed by atoms with Crippen LogP contribution in [0.15, 0.2) is 52.9 Å². The Labute approximate surface area is 197 Å². The molecule has 0 aliphatic carbocycles. The van der Waals surface area contributed by atoms with E-state index >= 15 is 0 Å². The van der Waals surface area contributed by atoms with E-state index in [9.17, 15) is 13.2 Å². The van der Waals surface area contributed by atoms with Gasteiger partial charge in [-0.15, -0.1) is 10.2 Å². The number of aryl methyl sites for hydroxylation is 1. The summed E-state index contributed by atoms with van der Waals surface area (Å²) in [5.41, 5.74) is 1.64. The van der Waals surface area contributed by atoms with Crippen LogP contribution in [-0.4, -0.2) is 30.1 Å². The Morgan fingerprint density at radius 1 is 1.12 bits per heavy atom. The highest BCUT2D eigenvalue weighted by Crippen LogP contribution is 2.43. The van der Waals surface area contributed by atoms with Gasteiger partial charge in [-0.3, -0.25) is 10.1 Å². The first kappa shape index (κ1) is 23.3. The molecule has 1 amide bonds. The fourth-order valence-corrected chi connectivity index (χ4v) is 6.13. The highest BCUT2D eigenvalue weighted by molar-refractivity contribution is 7.91. The molecule has 3 aromatic rings. The number of aromatic nitrogens is 2. The summed E-state index contributed by atoms with van der Waals surface area (Å²) in [5, 5.41) is 10.4. The molecule has 1 atom stereocenters. The molecule has 2 N–H and O–H groups in total. The Morgan fingerprint density at radius 2 is 1.82 bits per heavy atom. The van der Waals surface area contributed by atoms with E-state index in [0.29, 0.717) is 17.7 Å². The first-order chi connectivity index (χ1) is 15.8. The second kappa shape index (κ2) is 9.20. The zero-order valence-corrected chi connectivity index (χ0v) is 20.3. The van der Waals surface area contributed by atoms with E-state index in [1.807, 2.05) is 57.2 Å². The van der Waals surface area contributed by atoms with Crippen LogP contribution < -0.4 is 14.8 Å². The van der Waals surface area contributed by atoms with Gasteiger partial charge in [0.05, 0.1) is 6.04 Å². The summed E-state index contributed by atoms with van der Waals surface area (Å²) in [5.74, 6) is 0.318. The number of hydrogen-bond donors (Lipinski definition) is 2. The van der Waals surface area contributed by atoms with Crippen LogP contribution in [0.1, 0.15) is 60.6 Å². The second-order valence-corrected chi connectivity index (χ2v) is 10.9. The number of fused-ring (bicyclic) bond motifs is 1. The molecule has 8 nitrogen and oxygen atoms in total. The zero-order chi connectivity index (χ0) is 23.6. The van der Waals surface area contributed by atoms with Crippen molar-refractivity contribution in [3.63, 3.8) is 0 Å². The molecule has 33 heavy (non-hydrogen) atoms. The summed E-state index contributed by atoms with van der Waals surface area (Å²) in [6, 6.07) is 14.1. The zero-order valence-electron chi connectivity index (χ0n) is 18.7. The minimum Gasteiger partial charge on any atom is -0.487 e. The van der Waals surface area contributed by atoms with Crippen LogP contribution in [0.2, 0.25) is 0 Å². The lowest BCUT2D eigenvalue weighted by Gasteiger charge is -2.41. The molecule has 0 bridgehead atoms. The van der Waals surface area contributed by atoms with E-state index in [1.54, 1.807) is 12.1 Å². The number of sulfonamides is 1. The largest absolute Gasteiger partial charge is 0.487 e. The number of amides is 1. The molecular weight excluding hydrogens is 460 g/mol. The number of benzene rings is 2. The predicted molar refractivity (Wildman–Crippen MR) is 127 cm³/mol. The Balaban J connectivity index is 1.55. The Kier molecular flexibility index (Phi) is 6.51. The van der Waals surface area contributed by atoms with Gasteiger partial charge >= 0.3 is 0 Å². The highest BCUT2D eigenvalue weighted by atomic mass is 32.2. The predicted octanol–water partition coefficient (Wildman–Crippen LogP) is 4.46. The molecule has 1 aromatic heterocycles. The van der Waals surface area contributed by atoms with Gasteiger partial charge in [-0.1, -0.05) is 61.6 Å². The maximum Gasteiger partial charge on any atom is 0.270 e. The number of hydrogen-bond acceptors (Lipinski definition) is 7. The Bertz CT molecular complexity index is 1270. The fraction of sp³-hybridized carbons (Fsp3) is 0.348. The van der Waals surface area contributed by atoms with Gasteiger partial charge in [0.15, 0.2) is 0 Å². The third-order valence-corrected chi connectivity index (χ3v) is 8.71. The number of carbonyl (C=O) groups excluding carboxylic acids is 1. The lowest BCUT2D eigenvalue weighted by molar-refractivity contribution is 0.0260. The molecule has 2 heterocycles. The van der Waals surface area contributed by atoms with Gasteiger partial charge in [0.1, 0.15) is 11.4 Å². The van der Waals surface area contributed by atoms with E-state index in [-0.39, 0.29) is 15.4 Å². The lowest BCUT2D eigenvalue weighted by atomic mass is 9.84. The molecule has 1 aliphatic rings. The van der Waals surface area contributed by atoms with Crippen molar-refractivity contribution in [2.45, 2.75) is 56.0 Å². The monoisotopic (exact) mass is 486 g/mol. The van der Waals surface area contributed by atoms with Crippen LogP contribution in [0.25, 0.3) is 0 Å². The lowest BCUT2D eigenvalue weighted by Crippen LogP contribution is -2.44. The van der Waals surface area contributed by atoms with Gasteiger partial charge in [0.2, 0.25) is 9.47 Å². The van der Waals surface area contributed by atoms with Crippen molar-refractivity contribution < 1.29 is 17.9 Å². The summed E-state index contributed by atoms with van der Waals surface area (Å²) in [4.78, 5) is 12.5. The Morgan fingerprint density at radius 3 is 2.55 bits per heavy atom. The third-order valence-electron chi connectivity index (χ3n) is 6.03. The molecule has 10 heteroatoms. The first-order valence-electron chi connectivity index (χ1n) is 10.8. The van der Waals surface area contributed by atoms with Crippen molar-refractivity contribution in [3.05, 3.63) is 65.2 Å². The smallest absolute Gasteiger partial charge is 0.270 e. The second-order valence-electron chi connectivity index (χ2n) is 8.05. The maximum absolute atomic E-state index is 13.2. The van der Waals surface area contributed by atoms with Gasteiger partial charge in [0.25, 0.3) is 15.9 Å². The van der Waals surface area contributed by atoms with Gasteiger partial charge in [-0.25, -0.2) is 13.1 Å². The van der Waals surface area contributed by atoms with Crippen LogP contribution in [0, 0.1) is 6.92 Å². The first-order valence-corrected chi connectivity index (χ1v) is 13.1. The number of rotatable bonds is 7. The minimum atomic E-state index is -3.97. The molecule has 0 spiro atoms. The van der Waals surface area contributed by atoms with E-state index < -0.39 is 21.7 Å². The minimum absolute atomic E-state index is 0.118. The van der Waals surface area contributed by atoms with Crippen LogP contribution in [0.4, 0.5) is 5.13 Å². The summed E-state index contributed by atoms with van der Waals surface area (Å²) < 4.78 is 35.2. The molecule has 4 rings (SSSR count). The van der Waals surface area contributed by atoms with E-state index in [2.05, 4.69) is 20.2 Å². The molecule has 0 fully saturated rings. The number of para-hydroxylation sites is 1. The average Bonchev–Trinajstić information content (AvgIpc) is 3.28. The standard InChI is InChI=1S/C23H26N4O4S2/c1-4-23(5-2)14-18(17-12-8-9-13-19(17)31-23)27-33(29,30)22-26-25-21(32-22)24-20(28)16-11-7-6-10-15(16)3/h6-13,18,27H,4-5,14H2,1-3H3,(H,24,25,28). The number of ether oxygens (including phenoxy) is 1. The summed E-state index contributed by atoms with van der Waals surface area (Å²) in [6.07, 6.45) is 2.01. The molecular formula is C23H26N4O4S2. The number of anilines is 1. The number of nitrogens with zero attached hydrogens (tertiary/aromatic N) is 2. The van der Waals surface area contributed by atoms with Crippen LogP contribution in [-0.2, 0) is 10.0 Å². The molecule has 1 unspecified atom stereocenters. The fourth-order valence-electron chi connectivity index (χ4n) is 4.01. The maximum atomic E-state index is 13.2. The SMILES string of the molecule is CCC1(CC)CC(NS(=O)(=O)c2nnc(NC(=O)c3ccccc3C)s2)c2ccccc2O1. The van der Waals surface area contributed by atoms with Gasteiger partial charge in [0, 0.05) is 17.5 Å². The molecule has 174 valence electrons. The number of nitrogens with one attached hydrogen (secondary N) is 2. The number of carbonyl (C=O) groups is 1. The molecule has 1 aliphatic heterocycles. The molecule has 2 aromatic carbocycles. The van der Waals surface area contributed by atoms with Crippen molar-refractivity contribution in [2.24, 2.45) is 0 Å². The summed E-state index contributed by atoms with van der Waals surface area (Å²) in [7, 11) is -3.97. The van der Waals surface area contributed by atoms with Crippen molar-refractivity contribution in [3.8, 4) is 5.75 Å². The highest BCUT2D eigenvalue weighted by Gasteiger charge is 2.40. The van der Waals surface area contributed by atoms with Gasteiger partial charge in [-0.2, -0.15) is 0 Å². The third kappa shape index (κ3) is 4.78. The van der Waals surface area contributed by atoms with E-state index in [4.69, 9.17) is 4.74 Å². The van der Waals surface area contributed by atoms with E-state index in [1.165, 1.54) is 0 Å². The van der Waals surface area contributed by atoms with Gasteiger partial charge in [-0.05, 0) is 37.5 Å². The van der Waals surface area contributed by atoms with Crippen LogP contribution in [0.5, 0.6) is 5.75 Å². The van der Waals surface area contributed by atoms with Gasteiger partial charge < -0.3 is 4.74 Å². The van der Waals surface area contributed by atoms with Crippen molar-refractivity contribution in [2.75, 3.05) is 5.32 Å². The average molecular weight is 487 g/mol. The molecule has 0 saturated heterocycles. The quantitative estimate of drug-likeness (QED) is 0.477.